The number of anilines is 1. The number of hydrogen-bond donors (Lipinski definition) is 2. The second-order valence-electron chi connectivity index (χ2n) is 5.09. The largest absolute Gasteiger partial charge is 0.325 e. The molecule has 0 saturated carbocycles. The standard InChI is InChI=1S/C15H19N3OS/c1-9(2)14(16)15(19)18-12-6-4-11(5-7-12)13-8-20-10(3)17-13/h4-9,14H,16H2,1-3H3,(H,18,19). The molecule has 0 aliphatic rings. The first-order valence-corrected chi connectivity index (χ1v) is 7.44. The summed E-state index contributed by atoms with van der Waals surface area (Å²) < 4.78 is 0. The van der Waals surface area contributed by atoms with Crippen LogP contribution in [0.3, 0.4) is 0 Å². The van der Waals surface area contributed by atoms with Crippen LogP contribution in [0, 0.1) is 12.8 Å². The smallest absolute Gasteiger partial charge is 0.241 e. The second kappa shape index (κ2) is 6.15. The lowest BCUT2D eigenvalue weighted by Crippen LogP contribution is -2.39. The van der Waals surface area contributed by atoms with Crippen LogP contribution in [0.5, 0.6) is 0 Å². The Hall–Kier alpha value is -1.72. The molecular formula is C15H19N3OS. The lowest BCUT2D eigenvalue weighted by Gasteiger charge is -2.15. The molecule has 1 unspecified atom stereocenters. The number of thiazole rings is 1. The van der Waals surface area contributed by atoms with E-state index >= 15 is 0 Å². The zero-order chi connectivity index (χ0) is 14.7. The maximum Gasteiger partial charge on any atom is 0.241 e. The number of aromatic nitrogens is 1. The van der Waals surface area contributed by atoms with Crippen LogP contribution >= 0.6 is 11.3 Å². The van der Waals surface area contributed by atoms with Crippen molar-refractivity contribution in [2.24, 2.45) is 11.7 Å². The molecule has 1 heterocycles. The molecule has 106 valence electrons. The second-order valence-corrected chi connectivity index (χ2v) is 6.15. The minimum atomic E-state index is -0.490. The molecule has 0 spiro atoms. The molecule has 0 radical (unpaired) electrons. The van der Waals surface area contributed by atoms with Crippen molar-refractivity contribution in [3.05, 3.63) is 34.7 Å². The summed E-state index contributed by atoms with van der Waals surface area (Å²) in [5.74, 6) is -0.0375. The normalized spacial score (nSPS) is 12.4. The molecule has 1 aromatic carbocycles. The molecule has 2 aromatic rings. The maximum atomic E-state index is 11.9. The Kier molecular flexibility index (Phi) is 4.52. The quantitative estimate of drug-likeness (QED) is 0.909. The number of benzene rings is 1. The number of carbonyl (C=O) groups is 1. The number of hydrogen-bond acceptors (Lipinski definition) is 4. The molecule has 20 heavy (non-hydrogen) atoms. The van der Waals surface area contributed by atoms with Gasteiger partial charge >= 0.3 is 0 Å². The van der Waals surface area contributed by atoms with Gasteiger partial charge in [-0.2, -0.15) is 0 Å². The SMILES string of the molecule is Cc1nc(-c2ccc(NC(=O)C(N)C(C)C)cc2)cs1. The highest BCUT2D eigenvalue weighted by Crippen LogP contribution is 2.23. The number of nitrogens with two attached hydrogens (primary N) is 1. The van der Waals surface area contributed by atoms with E-state index in [2.05, 4.69) is 10.3 Å². The molecule has 0 aliphatic carbocycles. The van der Waals surface area contributed by atoms with Gasteiger partial charge in [0.1, 0.15) is 0 Å². The van der Waals surface area contributed by atoms with Gasteiger partial charge in [0.05, 0.1) is 16.7 Å². The van der Waals surface area contributed by atoms with E-state index in [1.807, 2.05) is 50.4 Å². The summed E-state index contributed by atoms with van der Waals surface area (Å²) in [6, 6.07) is 7.15. The van der Waals surface area contributed by atoms with Gasteiger partial charge in [-0.15, -0.1) is 11.3 Å². The zero-order valence-electron chi connectivity index (χ0n) is 11.9. The molecule has 0 aliphatic heterocycles. The number of nitrogens with zero attached hydrogens (tertiary/aromatic N) is 1. The maximum absolute atomic E-state index is 11.9. The van der Waals surface area contributed by atoms with E-state index in [0.29, 0.717) is 0 Å². The van der Waals surface area contributed by atoms with E-state index in [1.165, 1.54) is 0 Å². The Morgan fingerprint density at radius 2 is 1.95 bits per heavy atom. The molecule has 4 nitrogen and oxygen atoms in total. The third kappa shape index (κ3) is 3.43. The van der Waals surface area contributed by atoms with E-state index in [4.69, 9.17) is 5.73 Å². The molecule has 3 N–H and O–H groups in total. The zero-order valence-corrected chi connectivity index (χ0v) is 12.7. The van der Waals surface area contributed by atoms with Crippen molar-refractivity contribution >= 4 is 22.9 Å². The summed E-state index contributed by atoms with van der Waals surface area (Å²) in [6.45, 7) is 5.84. The summed E-state index contributed by atoms with van der Waals surface area (Å²) in [4.78, 5) is 16.3. The van der Waals surface area contributed by atoms with Crippen molar-refractivity contribution in [1.29, 1.82) is 0 Å². The summed E-state index contributed by atoms with van der Waals surface area (Å²) in [7, 11) is 0. The third-order valence-electron chi connectivity index (χ3n) is 3.09. The van der Waals surface area contributed by atoms with E-state index in [-0.39, 0.29) is 11.8 Å². The van der Waals surface area contributed by atoms with E-state index in [9.17, 15) is 4.79 Å². The summed E-state index contributed by atoms with van der Waals surface area (Å²) in [6.07, 6.45) is 0. The number of rotatable bonds is 4. The van der Waals surface area contributed by atoms with Crippen molar-refractivity contribution in [2.75, 3.05) is 5.32 Å². The predicted octanol–water partition coefficient (Wildman–Crippen LogP) is 3.04. The predicted molar refractivity (Wildman–Crippen MR) is 83.7 cm³/mol. The van der Waals surface area contributed by atoms with Gasteiger partial charge in [0, 0.05) is 16.6 Å². The first kappa shape index (κ1) is 14.7. The summed E-state index contributed by atoms with van der Waals surface area (Å²) in [5.41, 5.74) is 8.57. The van der Waals surface area contributed by atoms with Crippen LogP contribution in [0.4, 0.5) is 5.69 Å². The Morgan fingerprint density at radius 3 is 2.45 bits per heavy atom. The Balaban J connectivity index is 2.07. The molecule has 0 bridgehead atoms. The Morgan fingerprint density at radius 1 is 1.30 bits per heavy atom. The lowest BCUT2D eigenvalue weighted by atomic mass is 10.0. The van der Waals surface area contributed by atoms with Gasteiger partial charge < -0.3 is 11.1 Å². The van der Waals surface area contributed by atoms with Crippen LogP contribution in [-0.2, 0) is 4.79 Å². The molecular weight excluding hydrogens is 270 g/mol. The van der Waals surface area contributed by atoms with Gasteiger partial charge in [0.2, 0.25) is 5.91 Å². The molecule has 5 heteroatoms. The Labute approximate surface area is 123 Å². The third-order valence-corrected chi connectivity index (χ3v) is 3.86. The highest BCUT2D eigenvalue weighted by molar-refractivity contribution is 7.09. The van der Waals surface area contributed by atoms with Crippen molar-refractivity contribution in [1.82, 2.24) is 4.98 Å². The van der Waals surface area contributed by atoms with Crippen molar-refractivity contribution in [2.45, 2.75) is 26.8 Å². The monoisotopic (exact) mass is 289 g/mol. The highest BCUT2D eigenvalue weighted by Gasteiger charge is 2.17. The molecule has 0 fully saturated rings. The van der Waals surface area contributed by atoms with Gasteiger partial charge in [-0.1, -0.05) is 26.0 Å². The lowest BCUT2D eigenvalue weighted by molar-refractivity contribution is -0.118. The van der Waals surface area contributed by atoms with Crippen LogP contribution in [0.2, 0.25) is 0 Å². The molecule has 1 atom stereocenters. The minimum Gasteiger partial charge on any atom is -0.325 e. The van der Waals surface area contributed by atoms with Crippen LogP contribution in [0.25, 0.3) is 11.3 Å². The highest BCUT2D eigenvalue weighted by atomic mass is 32.1. The summed E-state index contributed by atoms with van der Waals surface area (Å²) >= 11 is 1.62. The van der Waals surface area contributed by atoms with Crippen LogP contribution in [-0.4, -0.2) is 16.9 Å². The molecule has 0 saturated heterocycles. The topological polar surface area (TPSA) is 68.0 Å². The minimum absolute atomic E-state index is 0.118. The Bertz CT molecular complexity index is 589. The number of aryl methyl sites for hydroxylation is 1. The fraction of sp³-hybridized carbons (Fsp3) is 0.333. The van der Waals surface area contributed by atoms with Crippen LogP contribution in [0.15, 0.2) is 29.6 Å². The number of amides is 1. The van der Waals surface area contributed by atoms with Crippen LogP contribution < -0.4 is 11.1 Å². The van der Waals surface area contributed by atoms with E-state index < -0.39 is 6.04 Å². The summed E-state index contributed by atoms with van der Waals surface area (Å²) in [5, 5.41) is 5.89. The molecule has 2 rings (SSSR count). The number of carbonyl (C=O) groups excluding carboxylic acids is 1. The van der Waals surface area contributed by atoms with Gasteiger partial charge in [0.15, 0.2) is 0 Å². The first-order chi connectivity index (χ1) is 9.47. The van der Waals surface area contributed by atoms with Crippen molar-refractivity contribution in [3.8, 4) is 11.3 Å². The van der Waals surface area contributed by atoms with Crippen LogP contribution in [0.1, 0.15) is 18.9 Å². The van der Waals surface area contributed by atoms with Crippen molar-refractivity contribution in [3.63, 3.8) is 0 Å². The molecule has 1 aromatic heterocycles. The first-order valence-electron chi connectivity index (χ1n) is 6.56. The van der Waals surface area contributed by atoms with Gasteiger partial charge in [0.25, 0.3) is 0 Å². The average Bonchev–Trinajstić information content (AvgIpc) is 2.85. The van der Waals surface area contributed by atoms with Gasteiger partial charge in [-0.3, -0.25) is 4.79 Å². The molecule has 1 amide bonds. The van der Waals surface area contributed by atoms with Crippen molar-refractivity contribution < 1.29 is 4.79 Å². The fourth-order valence-corrected chi connectivity index (χ4v) is 2.37. The average molecular weight is 289 g/mol. The van der Waals surface area contributed by atoms with E-state index in [1.54, 1.807) is 11.3 Å². The van der Waals surface area contributed by atoms with Gasteiger partial charge in [-0.05, 0) is 25.0 Å². The van der Waals surface area contributed by atoms with Gasteiger partial charge in [-0.25, -0.2) is 4.98 Å². The fourth-order valence-electron chi connectivity index (χ4n) is 1.75. The number of nitrogens with one attached hydrogen (secondary N) is 1. The van der Waals surface area contributed by atoms with E-state index in [0.717, 1.165) is 22.0 Å².